The van der Waals surface area contributed by atoms with E-state index in [4.69, 9.17) is 15.9 Å². The average Bonchev–Trinajstić information content (AvgIpc) is 2.01. The van der Waals surface area contributed by atoms with Gasteiger partial charge in [0.2, 0.25) is 0 Å². The molecule has 0 amide bonds. The first-order chi connectivity index (χ1) is 5.66. The maximum Gasteiger partial charge on any atom is 0.303 e. The third-order valence-corrected chi connectivity index (χ3v) is 1.39. The second-order valence-electron chi connectivity index (χ2n) is 2.54. The third-order valence-electron chi connectivity index (χ3n) is 1.39. The summed E-state index contributed by atoms with van der Waals surface area (Å²) in [5, 5.41) is 20.1. The smallest absolute Gasteiger partial charge is 0.303 e. The highest BCUT2D eigenvalue weighted by molar-refractivity contribution is 5.66. The highest BCUT2D eigenvalue weighted by Crippen LogP contribution is 1.93. The number of aliphatic hydroxyl groups is 1. The van der Waals surface area contributed by atoms with Crippen LogP contribution < -0.4 is 11.1 Å². The Morgan fingerprint density at radius 1 is 1.58 bits per heavy atom. The van der Waals surface area contributed by atoms with Crippen LogP contribution in [0.4, 0.5) is 0 Å². The molecular weight excluding hydrogens is 160 g/mol. The van der Waals surface area contributed by atoms with Crippen LogP contribution in [0.25, 0.3) is 0 Å². The van der Waals surface area contributed by atoms with E-state index < -0.39 is 12.2 Å². The van der Waals surface area contributed by atoms with E-state index in [1.165, 1.54) is 0 Å². The lowest BCUT2D eigenvalue weighted by molar-refractivity contribution is -0.137. The van der Waals surface area contributed by atoms with E-state index in [1.54, 1.807) is 0 Å². The lowest BCUT2D eigenvalue weighted by Crippen LogP contribution is -2.31. The van der Waals surface area contributed by atoms with E-state index in [-0.39, 0.29) is 12.8 Å². The monoisotopic (exact) mass is 176 g/mol. The number of carboxylic acid groups (broad SMARTS) is 1. The van der Waals surface area contributed by atoms with Crippen molar-refractivity contribution < 1.29 is 15.0 Å². The molecular formula is C7H16N2O3. The predicted octanol–water partition coefficient (Wildman–Crippen LogP) is -0.892. The van der Waals surface area contributed by atoms with Gasteiger partial charge in [-0.3, -0.25) is 10.1 Å². The molecule has 0 aliphatic carbocycles. The molecule has 0 saturated carbocycles. The first kappa shape index (κ1) is 11.4. The van der Waals surface area contributed by atoms with Gasteiger partial charge >= 0.3 is 5.97 Å². The molecule has 72 valence electrons. The lowest BCUT2D eigenvalue weighted by atomic mass is 10.3. The van der Waals surface area contributed by atoms with E-state index >= 15 is 0 Å². The van der Waals surface area contributed by atoms with Crippen molar-refractivity contribution in [2.24, 2.45) is 5.73 Å². The van der Waals surface area contributed by atoms with Crippen molar-refractivity contribution >= 4 is 5.97 Å². The number of aliphatic hydroxyl groups excluding tert-OH is 1. The lowest BCUT2D eigenvalue weighted by Gasteiger charge is -2.10. The Kier molecular flexibility index (Phi) is 6.64. The van der Waals surface area contributed by atoms with Crippen molar-refractivity contribution in [2.45, 2.75) is 25.5 Å². The second kappa shape index (κ2) is 7.02. The van der Waals surface area contributed by atoms with Crippen molar-refractivity contribution in [3.63, 3.8) is 0 Å². The molecule has 5 nitrogen and oxygen atoms in total. The van der Waals surface area contributed by atoms with Gasteiger partial charge in [-0.1, -0.05) is 0 Å². The largest absolute Gasteiger partial charge is 0.481 e. The van der Waals surface area contributed by atoms with Crippen LogP contribution in [0.15, 0.2) is 0 Å². The number of nitrogens with one attached hydrogen (secondary N) is 1. The van der Waals surface area contributed by atoms with Gasteiger partial charge in [-0.2, -0.15) is 0 Å². The summed E-state index contributed by atoms with van der Waals surface area (Å²) in [7, 11) is 0. The van der Waals surface area contributed by atoms with Gasteiger partial charge in [0.05, 0.1) is 0 Å². The van der Waals surface area contributed by atoms with Gasteiger partial charge in [-0.05, 0) is 25.9 Å². The van der Waals surface area contributed by atoms with E-state index in [2.05, 4.69) is 5.32 Å². The Morgan fingerprint density at radius 2 is 2.25 bits per heavy atom. The van der Waals surface area contributed by atoms with Crippen molar-refractivity contribution in [2.75, 3.05) is 13.1 Å². The van der Waals surface area contributed by atoms with Crippen LogP contribution in [0.5, 0.6) is 0 Å². The average molecular weight is 176 g/mol. The van der Waals surface area contributed by atoms with Gasteiger partial charge in [0.1, 0.15) is 6.23 Å². The van der Waals surface area contributed by atoms with Gasteiger partial charge in [0.15, 0.2) is 0 Å². The summed E-state index contributed by atoms with van der Waals surface area (Å²) in [5.41, 5.74) is 5.22. The number of carbonyl (C=O) groups is 1. The zero-order valence-corrected chi connectivity index (χ0v) is 6.99. The molecule has 5 heteroatoms. The molecule has 12 heavy (non-hydrogen) atoms. The Morgan fingerprint density at radius 3 is 2.75 bits per heavy atom. The molecule has 0 heterocycles. The number of carboxylic acids is 1. The summed E-state index contributed by atoms with van der Waals surface area (Å²) >= 11 is 0. The van der Waals surface area contributed by atoms with Crippen LogP contribution in [0.3, 0.4) is 0 Å². The second-order valence-corrected chi connectivity index (χ2v) is 2.54. The molecule has 0 aliphatic rings. The molecule has 0 saturated heterocycles. The quantitative estimate of drug-likeness (QED) is 0.298. The third kappa shape index (κ3) is 7.46. The summed E-state index contributed by atoms with van der Waals surface area (Å²) in [6, 6.07) is 0. The van der Waals surface area contributed by atoms with Gasteiger partial charge in [-0.25, -0.2) is 0 Å². The summed E-state index contributed by atoms with van der Waals surface area (Å²) in [6.07, 6.45) is 0.272. The summed E-state index contributed by atoms with van der Waals surface area (Å²) < 4.78 is 0. The Balaban J connectivity index is 3.21. The number of hydrogen-bond acceptors (Lipinski definition) is 4. The molecule has 0 radical (unpaired) electrons. The van der Waals surface area contributed by atoms with Gasteiger partial charge < -0.3 is 15.9 Å². The van der Waals surface area contributed by atoms with Crippen molar-refractivity contribution in [1.82, 2.24) is 5.32 Å². The number of rotatable bonds is 7. The first-order valence-electron chi connectivity index (χ1n) is 4.00. The van der Waals surface area contributed by atoms with Crippen molar-refractivity contribution in [3.05, 3.63) is 0 Å². The molecule has 0 aromatic heterocycles. The summed E-state index contributed by atoms with van der Waals surface area (Å²) in [5.74, 6) is -0.894. The van der Waals surface area contributed by atoms with Crippen LogP contribution in [-0.4, -0.2) is 35.5 Å². The molecule has 0 rings (SSSR count). The summed E-state index contributed by atoms with van der Waals surface area (Å²) in [6.45, 7) is 1.19. The Labute approximate surface area is 71.6 Å². The molecule has 0 bridgehead atoms. The number of hydrogen-bond donors (Lipinski definition) is 4. The molecule has 0 aromatic carbocycles. The molecule has 5 N–H and O–H groups in total. The standard InChI is InChI=1S/C7H16N2O3/c8-4-1-5-9-6(10)2-3-7(11)12/h6,9-10H,1-5,8H2,(H,11,12). The minimum Gasteiger partial charge on any atom is -0.481 e. The molecule has 0 aliphatic heterocycles. The maximum absolute atomic E-state index is 10.1. The van der Waals surface area contributed by atoms with E-state index in [0.29, 0.717) is 13.1 Å². The van der Waals surface area contributed by atoms with Gasteiger partial charge in [-0.15, -0.1) is 0 Å². The van der Waals surface area contributed by atoms with Crippen molar-refractivity contribution in [1.29, 1.82) is 0 Å². The SMILES string of the molecule is NCCCNC(O)CCC(=O)O. The normalized spacial score (nSPS) is 12.8. The fourth-order valence-electron chi connectivity index (χ4n) is 0.733. The van der Waals surface area contributed by atoms with E-state index in [9.17, 15) is 4.79 Å². The molecule has 1 unspecified atom stereocenters. The van der Waals surface area contributed by atoms with Gasteiger partial charge in [0.25, 0.3) is 0 Å². The molecule has 0 fully saturated rings. The zero-order chi connectivity index (χ0) is 9.40. The Hall–Kier alpha value is -0.650. The van der Waals surface area contributed by atoms with E-state index in [1.807, 2.05) is 0 Å². The summed E-state index contributed by atoms with van der Waals surface area (Å²) in [4.78, 5) is 10.1. The fourth-order valence-corrected chi connectivity index (χ4v) is 0.733. The van der Waals surface area contributed by atoms with Crippen molar-refractivity contribution in [3.8, 4) is 0 Å². The fraction of sp³-hybridized carbons (Fsp3) is 0.857. The highest BCUT2D eigenvalue weighted by Gasteiger charge is 2.04. The van der Waals surface area contributed by atoms with Crippen LogP contribution in [0.2, 0.25) is 0 Å². The molecule has 0 spiro atoms. The number of aliphatic carboxylic acids is 1. The number of nitrogens with two attached hydrogens (primary N) is 1. The van der Waals surface area contributed by atoms with Crippen LogP contribution in [-0.2, 0) is 4.79 Å². The van der Waals surface area contributed by atoms with Gasteiger partial charge in [0, 0.05) is 6.42 Å². The van der Waals surface area contributed by atoms with Crippen LogP contribution in [0.1, 0.15) is 19.3 Å². The first-order valence-corrected chi connectivity index (χ1v) is 4.00. The minimum absolute atomic E-state index is 0.0171. The predicted molar refractivity (Wildman–Crippen MR) is 44.6 cm³/mol. The van der Waals surface area contributed by atoms with Crippen LogP contribution >= 0.6 is 0 Å². The van der Waals surface area contributed by atoms with E-state index in [0.717, 1.165) is 6.42 Å². The molecule has 1 atom stereocenters. The van der Waals surface area contributed by atoms with Crippen LogP contribution in [0, 0.1) is 0 Å². The Bertz CT molecular complexity index is 130. The zero-order valence-electron chi connectivity index (χ0n) is 6.99. The topological polar surface area (TPSA) is 95.6 Å². The maximum atomic E-state index is 10.1. The minimum atomic E-state index is -0.894. The highest BCUT2D eigenvalue weighted by atomic mass is 16.4. The molecule has 0 aromatic rings.